The molecule has 0 bridgehead atoms. The van der Waals surface area contributed by atoms with E-state index in [4.69, 9.17) is 10.6 Å². The molecule has 1 fully saturated rings. The number of hydrazine groups is 1. The zero-order valence-electron chi connectivity index (χ0n) is 8.75. The number of halogens is 2. The molecule has 1 saturated heterocycles. The van der Waals surface area contributed by atoms with E-state index >= 15 is 0 Å². The topological polar surface area (TPSA) is 47.3 Å². The van der Waals surface area contributed by atoms with Crippen LogP contribution in [0.25, 0.3) is 0 Å². The average molecular weight is 397 g/mol. The zero-order valence-corrected chi connectivity index (χ0v) is 12.5. The SMILES string of the molecule is NNC(c1cc(Br)ccc1I)C1CCOC1. The van der Waals surface area contributed by atoms with Crippen molar-refractivity contribution in [2.24, 2.45) is 11.8 Å². The molecule has 2 unspecified atom stereocenters. The fourth-order valence-corrected chi connectivity index (χ4v) is 3.10. The van der Waals surface area contributed by atoms with Crippen LogP contribution in [0.5, 0.6) is 0 Å². The van der Waals surface area contributed by atoms with Gasteiger partial charge in [-0.1, -0.05) is 15.9 Å². The Morgan fingerprint density at radius 1 is 1.56 bits per heavy atom. The maximum absolute atomic E-state index is 5.68. The second-order valence-corrected chi connectivity index (χ2v) is 6.01. The van der Waals surface area contributed by atoms with Crippen molar-refractivity contribution >= 4 is 38.5 Å². The van der Waals surface area contributed by atoms with Gasteiger partial charge in [0.05, 0.1) is 12.6 Å². The monoisotopic (exact) mass is 396 g/mol. The van der Waals surface area contributed by atoms with Gasteiger partial charge in [-0.25, -0.2) is 0 Å². The van der Waals surface area contributed by atoms with Crippen LogP contribution in [0.1, 0.15) is 18.0 Å². The summed E-state index contributed by atoms with van der Waals surface area (Å²) >= 11 is 5.84. The largest absolute Gasteiger partial charge is 0.381 e. The van der Waals surface area contributed by atoms with E-state index in [0.29, 0.717) is 5.92 Å². The summed E-state index contributed by atoms with van der Waals surface area (Å²) in [5, 5.41) is 0. The van der Waals surface area contributed by atoms with Gasteiger partial charge in [0.15, 0.2) is 0 Å². The van der Waals surface area contributed by atoms with E-state index in [2.05, 4.69) is 56.1 Å². The Bertz CT molecular complexity index is 369. The molecule has 2 rings (SSSR count). The van der Waals surface area contributed by atoms with Crippen molar-refractivity contribution in [3.63, 3.8) is 0 Å². The highest BCUT2D eigenvalue weighted by Gasteiger charge is 2.27. The van der Waals surface area contributed by atoms with E-state index in [0.717, 1.165) is 24.1 Å². The summed E-state index contributed by atoms with van der Waals surface area (Å²) in [6, 6.07) is 6.45. The highest BCUT2D eigenvalue weighted by atomic mass is 127. The molecule has 1 heterocycles. The van der Waals surface area contributed by atoms with E-state index in [-0.39, 0.29) is 6.04 Å². The summed E-state index contributed by atoms with van der Waals surface area (Å²) in [7, 11) is 0. The Morgan fingerprint density at radius 3 is 3.00 bits per heavy atom. The minimum atomic E-state index is 0.173. The molecule has 1 aromatic rings. The lowest BCUT2D eigenvalue weighted by molar-refractivity contribution is 0.176. The van der Waals surface area contributed by atoms with E-state index < -0.39 is 0 Å². The van der Waals surface area contributed by atoms with Gasteiger partial charge in [-0.15, -0.1) is 0 Å². The number of nitrogens with two attached hydrogens (primary N) is 1. The van der Waals surface area contributed by atoms with Crippen LogP contribution in [0.2, 0.25) is 0 Å². The molecular formula is C11H14BrIN2O. The lowest BCUT2D eigenvalue weighted by Gasteiger charge is -2.23. The van der Waals surface area contributed by atoms with Crippen molar-refractivity contribution in [1.29, 1.82) is 0 Å². The molecular weight excluding hydrogens is 383 g/mol. The molecule has 3 N–H and O–H groups in total. The van der Waals surface area contributed by atoms with Crippen LogP contribution in [-0.2, 0) is 4.74 Å². The fraction of sp³-hybridized carbons (Fsp3) is 0.455. The summed E-state index contributed by atoms with van der Waals surface area (Å²) in [4.78, 5) is 0. The van der Waals surface area contributed by atoms with Crippen LogP contribution in [0, 0.1) is 9.49 Å². The number of hydrogen-bond donors (Lipinski definition) is 2. The molecule has 88 valence electrons. The van der Waals surface area contributed by atoms with Gasteiger partial charge in [-0.3, -0.25) is 11.3 Å². The van der Waals surface area contributed by atoms with Crippen LogP contribution < -0.4 is 11.3 Å². The van der Waals surface area contributed by atoms with Gasteiger partial charge < -0.3 is 4.74 Å². The van der Waals surface area contributed by atoms with Crippen LogP contribution in [0.3, 0.4) is 0 Å². The zero-order chi connectivity index (χ0) is 11.5. The van der Waals surface area contributed by atoms with Crippen molar-refractivity contribution in [2.45, 2.75) is 12.5 Å². The quantitative estimate of drug-likeness (QED) is 0.469. The van der Waals surface area contributed by atoms with E-state index in [1.807, 2.05) is 6.07 Å². The van der Waals surface area contributed by atoms with E-state index in [1.54, 1.807) is 0 Å². The predicted octanol–water partition coefficient (Wildman–Crippen LogP) is 2.59. The van der Waals surface area contributed by atoms with Crippen LogP contribution in [0.15, 0.2) is 22.7 Å². The molecule has 1 aromatic carbocycles. The van der Waals surface area contributed by atoms with Crippen molar-refractivity contribution in [2.75, 3.05) is 13.2 Å². The second kappa shape index (κ2) is 5.77. The van der Waals surface area contributed by atoms with Gasteiger partial charge in [0.25, 0.3) is 0 Å². The second-order valence-electron chi connectivity index (χ2n) is 3.93. The Morgan fingerprint density at radius 2 is 2.38 bits per heavy atom. The first-order valence-electron chi connectivity index (χ1n) is 5.21. The third-order valence-electron chi connectivity index (χ3n) is 2.91. The Kier molecular flexibility index (Phi) is 4.60. The number of rotatable bonds is 3. The summed E-state index contributed by atoms with van der Waals surface area (Å²) < 4.78 is 7.74. The summed E-state index contributed by atoms with van der Waals surface area (Å²) in [6.07, 6.45) is 1.07. The van der Waals surface area contributed by atoms with Gasteiger partial charge in [0.2, 0.25) is 0 Å². The lowest BCUT2D eigenvalue weighted by Crippen LogP contribution is -2.34. The third-order valence-corrected chi connectivity index (χ3v) is 4.38. The van der Waals surface area contributed by atoms with Gasteiger partial charge >= 0.3 is 0 Å². The first kappa shape index (κ1) is 12.8. The van der Waals surface area contributed by atoms with Gasteiger partial charge in [-0.2, -0.15) is 0 Å². The molecule has 0 radical (unpaired) electrons. The Labute approximate surface area is 117 Å². The van der Waals surface area contributed by atoms with Crippen molar-refractivity contribution in [3.8, 4) is 0 Å². The highest BCUT2D eigenvalue weighted by Crippen LogP contribution is 2.32. The summed E-state index contributed by atoms with van der Waals surface area (Å²) in [6.45, 7) is 1.63. The third kappa shape index (κ3) is 2.76. The first-order chi connectivity index (χ1) is 7.72. The molecule has 3 nitrogen and oxygen atoms in total. The molecule has 5 heteroatoms. The molecule has 1 aliphatic heterocycles. The number of hydrogen-bond acceptors (Lipinski definition) is 3. The van der Waals surface area contributed by atoms with Crippen LogP contribution in [-0.4, -0.2) is 13.2 Å². The molecule has 0 aliphatic carbocycles. The number of benzene rings is 1. The minimum absolute atomic E-state index is 0.173. The maximum Gasteiger partial charge on any atom is 0.0521 e. The van der Waals surface area contributed by atoms with Gasteiger partial charge in [0.1, 0.15) is 0 Å². The normalized spacial score (nSPS) is 22.3. The molecule has 16 heavy (non-hydrogen) atoms. The Balaban J connectivity index is 2.28. The standard InChI is InChI=1S/C11H14BrIN2O/c12-8-1-2-10(13)9(5-8)11(15-14)7-3-4-16-6-7/h1-2,5,7,11,15H,3-4,6,14H2. The van der Waals surface area contributed by atoms with Gasteiger partial charge in [0, 0.05) is 20.6 Å². The summed E-state index contributed by atoms with van der Waals surface area (Å²) in [5.74, 6) is 6.14. The predicted molar refractivity (Wildman–Crippen MR) is 75.8 cm³/mol. The van der Waals surface area contributed by atoms with Crippen LogP contribution >= 0.6 is 38.5 Å². The lowest BCUT2D eigenvalue weighted by atomic mass is 9.93. The molecule has 0 spiro atoms. The first-order valence-corrected chi connectivity index (χ1v) is 7.08. The molecule has 0 amide bonds. The van der Waals surface area contributed by atoms with Crippen molar-refractivity contribution < 1.29 is 4.74 Å². The average Bonchev–Trinajstić information content (AvgIpc) is 2.78. The smallest absolute Gasteiger partial charge is 0.0521 e. The summed E-state index contributed by atoms with van der Waals surface area (Å²) in [5.41, 5.74) is 4.17. The maximum atomic E-state index is 5.68. The van der Waals surface area contributed by atoms with E-state index in [1.165, 1.54) is 9.13 Å². The molecule has 0 saturated carbocycles. The fourth-order valence-electron chi connectivity index (χ4n) is 2.05. The molecule has 1 aliphatic rings. The van der Waals surface area contributed by atoms with Gasteiger partial charge in [-0.05, 0) is 52.8 Å². The minimum Gasteiger partial charge on any atom is -0.381 e. The molecule has 2 atom stereocenters. The van der Waals surface area contributed by atoms with Crippen LogP contribution in [0.4, 0.5) is 0 Å². The van der Waals surface area contributed by atoms with Crippen molar-refractivity contribution in [3.05, 3.63) is 31.8 Å². The number of nitrogens with one attached hydrogen (secondary N) is 1. The highest BCUT2D eigenvalue weighted by molar-refractivity contribution is 14.1. The van der Waals surface area contributed by atoms with Crippen molar-refractivity contribution in [1.82, 2.24) is 5.43 Å². The Hall–Kier alpha value is 0.310. The number of ether oxygens (including phenoxy) is 1. The molecule has 0 aromatic heterocycles. The van der Waals surface area contributed by atoms with E-state index in [9.17, 15) is 0 Å².